The van der Waals surface area contributed by atoms with Gasteiger partial charge in [0, 0.05) is 44.9 Å². The molecule has 8 nitrogen and oxygen atoms in total. The zero-order valence-corrected chi connectivity index (χ0v) is 16.6. The minimum absolute atomic E-state index is 0.0534. The Morgan fingerprint density at radius 2 is 1.93 bits per heavy atom. The monoisotopic (exact) mass is 414 g/mol. The average molecular weight is 414 g/mol. The molecule has 29 heavy (non-hydrogen) atoms. The number of ether oxygens (including phenoxy) is 4. The molecule has 0 bridgehead atoms. The van der Waals surface area contributed by atoms with E-state index in [1.54, 1.807) is 13.1 Å². The van der Waals surface area contributed by atoms with Gasteiger partial charge in [0.1, 0.15) is 5.75 Å². The van der Waals surface area contributed by atoms with Crippen LogP contribution in [0.5, 0.6) is 17.2 Å². The number of guanidine groups is 1. The molecule has 2 heterocycles. The van der Waals surface area contributed by atoms with Gasteiger partial charge in [0.05, 0.1) is 13.2 Å². The molecule has 2 aliphatic heterocycles. The summed E-state index contributed by atoms with van der Waals surface area (Å²) >= 11 is 0. The summed E-state index contributed by atoms with van der Waals surface area (Å²) in [5.74, 6) is 1.55. The maximum atomic E-state index is 12.7. The highest BCUT2D eigenvalue weighted by Gasteiger charge is 2.20. The van der Waals surface area contributed by atoms with Crippen molar-refractivity contribution in [2.75, 3.05) is 53.2 Å². The predicted molar refractivity (Wildman–Crippen MR) is 104 cm³/mol. The number of aliphatic imine (C=N–C) groups is 1. The highest BCUT2D eigenvalue weighted by molar-refractivity contribution is 5.79. The number of halogens is 2. The van der Waals surface area contributed by atoms with Crippen LogP contribution < -0.4 is 24.8 Å². The fraction of sp³-hybridized carbons (Fsp3) is 0.632. The Labute approximate surface area is 169 Å². The molecular formula is C19H28F2N4O4. The van der Waals surface area contributed by atoms with Gasteiger partial charge in [-0.15, -0.1) is 0 Å². The molecule has 1 fully saturated rings. The third-order valence-electron chi connectivity index (χ3n) is 4.74. The maximum Gasteiger partial charge on any atom is 0.387 e. The van der Waals surface area contributed by atoms with E-state index in [1.165, 1.54) is 6.07 Å². The third kappa shape index (κ3) is 6.60. The number of unbranched alkanes of at least 4 members (excludes halogenated alkanes) is 1. The van der Waals surface area contributed by atoms with Gasteiger partial charge >= 0.3 is 6.61 Å². The van der Waals surface area contributed by atoms with E-state index in [0.29, 0.717) is 23.0 Å². The normalized spacial score (nSPS) is 16.9. The lowest BCUT2D eigenvalue weighted by molar-refractivity contribution is -0.0505. The van der Waals surface area contributed by atoms with Crippen molar-refractivity contribution < 1.29 is 27.7 Å². The Bertz CT molecular complexity index is 684. The number of rotatable bonds is 9. The molecule has 0 atom stereocenters. The lowest BCUT2D eigenvalue weighted by Crippen LogP contribution is -2.38. The number of nitrogens with zero attached hydrogens (tertiary/aromatic N) is 2. The van der Waals surface area contributed by atoms with Crippen LogP contribution in [0.15, 0.2) is 17.1 Å². The largest absolute Gasteiger partial charge is 0.454 e. The quantitative estimate of drug-likeness (QED) is 0.363. The van der Waals surface area contributed by atoms with Gasteiger partial charge in [-0.3, -0.25) is 9.89 Å². The fourth-order valence-electron chi connectivity index (χ4n) is 3.20. The Hall–Kier alpha value is -2.33. The molecule has 2 N–H and O–H groups in total. The standard InChI is InChI=1S/C19H28F2N4O4/c1-22-19(23-4-2-3-5-25-6-8-26-9-7-25)24-12-14-10-16-17(28-13-27-16)11-15(14)29-18(20)21/h10-11,18H,2-9,12-13H2,1H3,(H2,22,23,24). The van der Waals surface area contributed by atoms with Crippen LogP contribution in [0.4, 0.5) is 8.78 Å². The first-order valence-corrected chi connectivity index (χ1v) is 9.77. The van der Waals surface area contributed by atoms with Crippen LogP contribution in [-0.4, -0.2) is 70.7 Å². The van der Waals surface area contributed by atoms with Crippen molar-refractivity contribution >= 4 is 5.96 Å². The van der Waals surface area contributed by atoms with Crippen LogP contribution in [0.3, 0.4) is 0 Å². The van der Waals surface area contributed by atoms with E-state index in [9.17, 15) is 8.78 Å². The van der Waals surface area contributed by atoms with Gasteiger partial charge in [0.2, 0.25) is 6.79 Å². The molecule has 1 saturated heterocycles. The molecule has 0 amide bonds. The second kappa shape index (κ2) is 11.0. The third-order valence-corrected chi connectivity index (χ3v) is 4.74. The van der Waals surface area contributed by atoms with Gasteiger partial charge in [0.15, 0.2) is 17.5 Å². The number of hydrogen-bond donors (Lipinski definition) is 2. The van der Waals surface area contributed by atoms with Gasteiger partial charge in [-0.1, -0.05) is 0 Å². The van der Waals surface area contributed by atoms with Gasteiger partial charge in [-0.25, -0.2) is 0 Å². The molecule has 2 aliphatic rings. The summed E-state index contributed by atoms with van der Waals surface area (Å²) in [5, 5.41) is 6.36. The first-order chi connectivity index (χ1) is 14.2. The smallest absolute Gasteiger partial charge is 0.387 e. The molecule has 10 heteroatoms. The van der Waals surface area contributed by atoms with Gasteiger partial charge in [-0.05, 0) is 25.5 Å². The summed E-state index contributed by atoms with van der Waals surface area (Å²) < 4.78 is 46.0. The van der Waals surface area contributed by atoms with Gasteiger partial charge in [0.25, 0.3) is 0 Å². The predicted octanol–water partition coefficient (Wildman–Crippen LogP) is 1.79. The molecular weight excluding hydrogens is 386 g/mol. The number of nitrogens with one attached hydrogen (secondary N) is 2. The number of fused-ring (bicyclic) bond motifs is 1. The number of morpholine rings is 1. The fourth-order valence-corrected chi connectivity index (χ4v) is 3.20. The highest BCUT2D eigenvalue weighted by Crippen LogP contribution is 2.38. The van der Waals surface area contributed by atoms with E-state index >= 15 is 0 Å². The number of benzene rings is 1. The zero-order chi connectivity index (χ0) is 20.5. The Morgan fingerprint density at radius 3 is 2.66 bits per heavy atom. The van der Waals surface area contributed by atoms with Crippen LogP contribution in [-0.2, 0) is 11.3 Å². The Morgan fingerprint density at radius 1 is 1.17 bits per heavy atom. The summed E-state index contributed by atoms with van der Waals surface area (Å²) in [6, 6.07) is 3.07. The van der Waals surface area contributed by atoms with E-state index in [0.717, 1.165) is 52.2 Å². The van der Waals surface area contributed by atoms with E-state index in [1.807, 2.05) is 0 Å². The topological polar surface area (TPSA) is 76.6 Å². The van der Waals surface area contributed by atoms with Crippen LogP contribution >= 0.6 is 0 Å². The molecule has 1 aromatic carbocycles. The first kappa shape index (κ1) is 21.4. The zero-order valence-electron chi connectivity index (χ0n) is 16.6. The van der Waals surface area contributed by atoms with E-state index < -0.39 is 6.61 Å². The van der Waals surface area contributed by atoms with E-state index in [2.05, 4.69) is 25.3 Å². The minimum atomic E-state index is -2.92. The lowest BCUT2D eigenvalue weighted by Gasteiger charge is -2.26. The summed E-state index contributed by atoms with van der Waals surface area (Å²) in [6.45, 7) is 2.84. The van der Waals surface area contributed by atoms with Crippen molar-refractivity contribution in [2.45, 2.75) is 26.0 Å². The number of alkyl halides is 2. The summed E-state index contributed by atoms with van der Waals surface area (Å²) in [5.41, 5.74) is 0.532. The van der Waals surface area contributed by atoms with Crippen LogP contribution in [0.25, 0.3) is 0 Å². The first-order valence-electron chi connectivity index (χ1n) is 9.77. The van der Waals surface area contributed by atoms with E-state index in [-0.39, 0.29) is 19.1 Å². The van der Waals surface area contributed by atoms with Crippen LogP contribution in [0, 0.1) is 0 Å². The maximum absolute atomic E-state index is 12.7. The summed E-state index contributed by atoms with van der Waals surface area (Å²) in [6.07, 6.45) is 2.08. The van der Waals surface area contributed by atoms with Crippen molar-refractivity contribution in [3.8, 4) is 17.2 Å². The molecule has 0 aromatic heterocycles. The molecule has 3 rings (SSSR count). The van der Waals surface area contributed by atoms with Crippen molar-refractivity contribution in [1.82, 2.24) is 15.5 Å². The van der Waals surface area contributed by atoms with Crippen molar-refractivity contribution in [3.05, 3.63) is 17.7 Å². The molecule has 0 unspecified atom stereocenters. The Kier molecular flexibility index (Phi) is 8.12. The van der Waals surface area contributed by atoms with Crippen molar-refractivity contribution in [3.63, 3.8) is 0 Å². The molecule has 0 radical (unpaired) electrons. The Balaban J connectivity index is 1.44. The minimum Gasteiger partial charge on any atom is -0.454 e. The van der Waals surface area contributed by atoms with E-state index in [4.69, 9.17) is 14.2 Å². The lowest BCUT2D eigenvalue weighted by atomic mass is 10.1. The van der Waals surface area contributed by atoms with Crippen molar-refractivity contribution in [1.29, 1.82) is 0 Å². The molecule has 0 spiro atoms. The summed E-state index contributed by atoms with van der Waals surface area (Å²) in [4.78, 5) is 6.58. The molecule has 1 aromatic rings. The summed E-state index contributed by atoms with van der Waals surface area (Å²) in [7, 11) is 1.67. The van der Waals surface area contributed by atoms with Gasteiger partial charge < -0.3 is 29.6 Å². The molecule has 0 saturated carbocycles. The average Bonchev–Trinajstić information content (AvgIpc) is 3.17. The van der Waals surface area contributed by atoms with Crippen molar-refractivity contribution in [2.24, 2.45) is 4.99 Å². The molecule has 162 valence electrons. The highest BCUT2D eigenvalue weighted by atomic mass is 19.3. The van der Waals surface area contributed by atoms with Crippen LogP contribution in [0.1, 0.15) is 18.4 Å². The van der Waals surface area contributed by atoms with Gasteiger partial charge in [-0.2, -0.15) is 8.78 Å². The molecule has 0 aliphatic carbocycles. The second-order valence-corrected chi connectivity index (χ2v) is 6.71. The SMILES string of the molecule is CN=C(NCCCCN1CCOCC1)NCc1cc2c(cc1OC(F)F)OCO2. The number of hydrogen-bond acceptors (Lipinski definition) is 6. The van der Waals surface area contributed by atoms with Crippen LogP contribution in [0.2, 0.25) is 0 Å². The second-order valence-electron chi connectivity index (χ2n) is 6.71.